The van der Waals surface area contributed by atoms with Crippen molar-refractivity contribution >= 4 is 17.3 Å². The van der Waals surface area contributed by atoms with Crippen LogP contribution in [0.25, 0.3) is 0 Å². The SMILES string of the molecule is CCOC(=O)c1csc(C2CCN(Cc3cc(C)on3)CC2)n1. The topological polar surface area (TPSA) is 68.5 Å². The zero-order valence-corrected chi connectivity index (χ0v) is 14.3. The van der Waals surface area contributed by atoms with Crippen molar-refractivity contribution in [2.75, 3.05) is 19.7 Å². The van der Waals surface area contributed by atoms with Crippen LogP contribution in [0.5, 0.6) is 0 Å². The second-order valence-electron chi connectivity index (χ2n) is 5.77. The molecule has 0 radical (unpaired) electrons. The van der Waals surface area contributed by atoms with Gasteiger partial charge in [0, 0.05) is 23.9 Å². The van der Waals surface area contributed by atoms with E-state index < -0.39 is 0 Å². The number of carbonyl (C=O) groups is 1. The highest BCUT2D eigenvalue weighted by molar-refractivity contribution is 7.09. The van der Waals surface area contributed by atoms with Crippen molar-refractivity contribution in [3.05, 3.63) is 33.6 Å². The van der Waals surface area contributed by atoms with Crippen LogP contribution in [0, 0.1) is 6.92 Å². The molecular weight excluding hydrogens is 314 g/mol. The third-order valence-corrected chi connectivity index (χ3v) is 5.01. The van der Waals surface area contributed by atoms with Gasteiger partial charge in [0.25, 0.3) is 0 Å². The number of esters is 1. The van der Waals surface area contributed by atoms with E-state index in [-0.39, 0.29) is 5.97 Å². The fourth-order valence-corrected chi connectivity index (χ4v) is 3.79. The number of piperidine rings is 1. The summed E-state index contributed by atoms with van der Waals surface area (Å²) in [7, 11) is 0. The van der Waals surface area contributed by atoms with Crippen LogP contribution in [-0.2, 0) is 11.3 Å². The standard InChI is InChI=1S/C16H21N3O3S/c1-3-21-16(20)14-10-23-15(17-14)12-4-6-19(7-5-12)9-13-8-11(2)22-18-13/h8,10,12H,3-7,9H2,1-2H3. The molecule has 0 aliphatic carbocycles. The molecule has 0 aromatic carbocycles. The summed E-state index contributed by atoms with van der Waals surface area (Å²) in [5, 5.41) is 6.90. The maximum atomic E-state index is 11.7. The zero-order valence-electron chi connectivity index (χ0n) is 13.4. The molecule has 0 amide bonds. The number of likely N-dealkylation sites (tertiary alicyclic amines) is 1. The second-order valence-corrected chi connectivity index (χ2v) is 6.66. The third kappa shape index (κ3) is 3.97. The Morgan fingerprint density at radius 3 is 2.91 bits per heavy atom. The van der Waals surface area contributed by atoms with Crippen molar-refractivity contribution in [3.63, 3.8) is 0 Å². The Balaban J connectivity index is 1.53. The van der Waals surface area contributed by atoms with E-state index in [1.54, 1.807) is 23.6 Å². The van der Waals surface area contributed by atoms with Crippen molar-refractivity contribution in [1.29, 1.82) is 0 Å². The average molecular weight is 335 g/mol. The van der Waals surface area contributed by atoms with E-state index in [9.17, 15) is 4.79 Å². The van der Waals surface area contributed by atoms with Gasteiger partial charge in [0.15, 0.2) is 5.69 Å². The smallest absolute Gasteiger partial charge is 0.357 e. The summed E-state index contributed by atoms with van der Waals surface area (Å²) in [6.45, 7) is 6.93. The van der Waals surface area contributed by atoms with Crippen LogP contribution in [0.4, 0.5) is 0 Å². The van der Waals surface area contributed by atoms with E-state index >= 15 is 0 Å². The third-order valence-electron chi connectivity index (χ3n) is 4.01. The van der Waals surface area contributed by atoms with E-state index in [0.717, 1.165) is 48.9 Å². The summed E-state index contributed by atoms with van der Waals surface area (Å²) in [5.74, 6) is 0.955. The van der Waals surface area contributed by atoms with Crippen LogP contribution in [-0.4, -0.2) is 40.7 Å². The van der Waals surface area contributed by atoms with Crippen LogP contribution in [0.15, 0.2) is 16.0 Å². The largest absolute Gasteiger partial charge is 0.461 e. The maximum absolute atomic E-state index is 11.7. The minimum atomic E-state index is -0.325. The molecule has 0 bridgehead atoms. The molecular formula is C16H21N3O3S. The van der Waals surface area contributed by atoms with Gasteiger partial charge in [0.05, 0.1) is 17.3 Å². The molecule has 7 heteroatoms. The lowest BCUT2D eigenvalue weighted by Crippen LogP contribution is -2.32. The molecule has 6 nitrogen and oxygen atoms in total. The van der Waals surface area contributed by atoms with Gasteiger partial charge in [-0.15, -0.1) is 11.3 Å². The van der Waals surface area contributed by atoms with Gasteiger partial charge in [-0.05, 0) is 39.8 Å². The lowest BCUT2D eigenvalue weighted by atomic mass is 9.97. The molecule has 1 aliphatic rings. The number of hydrogen-bond donors (Lipinski definition) is 0. The molecule has 2 aromatic rings. The Morgan fingerprint density at radius 2 is 2.26 bits per heavy atom. The van der Waals surface area contributed by atoms with Gasteiger partial charge in [0.2, 0.25) is 0 Å². The Hall–Kier alpha value is -1.73. The molecule has 0 atom stereocenters. The maximum Gasteiger partial charge on any atom is 0.357 e. The summed E-state index contributed by atoms with van der Waals surface area (Å²) in [5.41, 5.74) is 1.42. The number of carbonyl (C=O) groups excluding carboxylic acids is 1. The van der Waals surface area contributed by atoms with Crippen LogP contribution >= 0.6 is 11.3 Å². The Kier molecular flexibility index (Phi) is 5.07. The molecule has 3 heterocycles. The minimum absolute atomic E-state index is 0.325. The first-order chi connectivity index (χ1) is 11.2. The Morgan fingerprint density at radius 1 is 1.48 bits per heavy atom. The van der Waals surface area contributed by atoms with E-state index in [0.29, 0.717) is 18.2 Å². The molecule has 0 unspecified atom stereocenters. The average Bonchev–Trinajstić information content (AvgIpc) is 3.18. The molecule has 0 saturated carbocycles. The lowest BCUT2D eigenvalue weighted by Gasteiger charge is -2.30. The molecule has 23 heavy (non-hydrogen) atoms. The number of rotatable bonds is 5. The van der Waals surface area contributed by atoms with Crippen molar-refractivity contribution in [3.8, 4) is 0 Å². The van der Waals surface area contributed by atoms with Crippen molar-refractivity contribution in [2.24, 2.45) is 0 Å². The highest BCUT2D eigenvalue weighted by Gasteiger charge is 2.24. The fourth-order valence-electron chi connectivity index (χ4n) is 2.83. The summed E-state index contributed by atoms with van der Waals surface area (Å²) in [6.07, 6.45) is 2.10. The van der Waals surface area contributed by atoms with Crippen LogP contribution in [0.3, 0.4) is 0 Å². The molecule has 1 saturated heterocycles. The van der Waals surface area contributed by atoms with Crippen molar-refractivity contribution in [1.82, 2.24) is 15.0 Å². The predicted octanol–water partition coefficient (Wildman–Crippen LogP) is 3.00. The van der Waals surface area contributed by atoms with Gasteiger partial charge >= 0.3 is 5.97 Å². The molecule has 2 aromatic heterocycles. The van der Waals surface area contributed by atoms with E-state index in [1.807, 2.05) is 13.0 Å². The van der Waals surface area contributed by atoms with Gasteiger partial charge in [-0.3, -0.25) is 4.90 Å². The normalized spacial score (nSPS) is 16.6. The van der Waals surface area contributed by atoms with Crippen LogP contribution < -0.4 is 0 Å². The number of aromatic nitrogens is 2. The predicted molar refractivity (Wildman–Crippen MR) is 86.6 cm³/mol. The number of nitrogens with zero attached hydrogens (tertiary/aromatic N) is 3. The summed E-state index contributed by atoms with van der Waals surface area (Å²) >= 11 is 1.56. The molecule has 0 N–H and O–H groups in total. The number of thiazole rings is 1. The Bertz CT molecular complexity index is 659. The van der Waals surface area contributed by atoms with Gasteiger partial charge in [-0.25, -0.2) is 9.78 Å². The first-order valence-corrected chi connectivity index (χ1v) is 8.80. The number of ether oxygens (including phenoxy) is 1. The number of aryl methyl sites for hydroxylation is 1. The molecule has 1 fully saturated rings. The second kappa shape index (κ2) is 7.23. The van der Waals surface area contributed by atoms with E-state index in [4.69, 9.17) is 9.26 Å². The fraction of sp³-hybridized carbons (Fsp3) is 0.562. The van der Waals surface area contributed by atoms with E-state index in [2.05, 4.69) is 15.0 Å². The van der Waals surface area contributed by atoms with E-state index in [1.165, 1.54) is 0 Å². The van der Waals surface area contributed by atoms with Gasteiger partial charge < -0.3 is 9.26 Å². The molecule has 1 aliphatic heterocycles. The first kappa shape index (κ1) is 16.1. The quantitative estimate of drug-likeness (QED) is 0.783. The van der Waals surface area contributed by atoms with Crippen molar-refractivity contribution < 1.29 is 14.1 Å². The molecule has 124 valence electrons. The van der Waals surface area contributed by atoms with Gasteiger partial charge in [0.1, 0.15) is 5.76 Å². The molecule has 3 rings (SSSR count). The van der Waals surface area contributed by atoms with Crippen molar-refractivity contribution in [2.45, 2.75) is 39.2 Å². The first-order valence-electron chi connectivity index (χ1n) is 7.92. The number of hydrogen-bond acceptors (Lipinski definition) is 7. The highest BCUT2D eigenvalue weighted by Crippen LogP contribution is 2.31. The summed E-state index contributed by atoms with van der Waals surface area (Å²) in [6, 6.07) is 1.98. The van der Waals surface area contributed by atoms with Crippen LogP contribution in [0.1, 0.15) is 52.6 Å². The monoisotopic (exact) mass is 335 g/mol. The Labute approximate surface area is 139 Å². The summed E-state index contributed by atoms with van der Waals surface area (Å²) in [4.78, 5) is 18.5. The zero-order chi connectivity index (χ0) is 16.2. The highest BCUT2D eigenvalue weighted by atomic mass is 32.1. The van der Waals surface area contributed by atoms with Gasteiger partial charge in [-0.2, -0.15) is 0 Å². The lowest BCUT2D eigenvalue weighted by molar-refractivity contribution is 0.0520. The minimum Gasteiger partial charge on any atom is -0.461 e. The van der Waals surface area contributed by atoms with Crippen LogP contribution in [0.2, 0.25) is 0 Å². The van der Waals surface area contributed by atoms with Gasteiger partial charge in [-0.1, -0.05) is 5.16 Å². The summed E-state index contributed by atoms with van der Waals surface area (Å²) < 4.78 is 10.1. The molecule has 0 spiro atoms.